The lowest BCUT2D eigenvalue weighted by atomic mass is 10.1. The summed E-state index contributed by atoms with van der Waals surface area (Å²) in [6.07, 6.45) is -1.39. The molecule has 0 unspecified atom stereocenters. The largest absolute Gasteiger partial charge is 0.479 e. The average molecular weight is 302 g/mol. The van der Waals surface area contributed by atoms with Gasteiger partial charge in [0.05, 0.1) is 0 Å². The maximum atomic E-state index is 12.9. The Hall–Kier alpha value is -2.22. The van der Waals surface area contributed by atoms with Crippen LogP contribution in [0.4, 0.5) is 13.6 Å². The summed E-state index contributed by atoms with van der Waals surface area (Å²) in [5, 5.41) is 22.2. The van der Waals surface area contributed by atoms with Gasteiger partial charge in [-0.15, -0.1) is 0 Å². The summed E-state index contributed by atoms with van der Waals surface area (Å²) >= 11 is 0. The molecule has 0 spiro atoms. The number of rotatable bonds is 7. The molecule has 0 saturated carbocycles. The van der Waals surface area contributed by atoms with Gasteiger partial charge in [-0.1, -0.05) is 0 Å². The number of hydrogen-bond donors (Lipinski definition) is 4. The number of halogens is 2. The first kappa shape index (κ1) is 16.8. The first-order chi connectivity index (χ1) is 9.88. The molecule has 0 aliphatic heterocycles. The number of aliphatic hydroxyl groups excluding tert-OH is 1. The van der Waals surface area contributed by atoms with Crippen molar-refractivity contribution in [1.82, 2.24) is 10.6 Å². The van der Waals surface area contributed by atoms with Gasteiger partial charge in [0, 0.05) is 25.6 Å². The number of carbonyl (C=O) groups is 2. The van der Waals surface area contributed by atoms with Crippen LogP contribution in [0.2, 0.25) is 0 Å². The number of carboxylic acid groups (broad SMARTS) is 1. The van der Waals surface area contributed by atoms with E-state index in [0.29, 0.717) is 5.56 Å². The molecule has 0 radical (unpaired) electrons. The van der Waals surface area contributed by atoms with Crippen LogP contribution in [-0.4, -0.2) is 41.4 Å². The predicted octanol–water partition coefficient (Wildman–Crippen LogP) is 0.642. The van der Waals surface area contributed by atoms with E-state index >= 15 is 0 Å². The molecular weight excluding hydrogens is 286 g/mol. The molecule has 0 aliphatic rings. The number of aliphatic hydroxyl groups is 1. The van der Waals surface area contributed by atoms with Gasteiger partial charge in [0.2, 0.25) is 0 Å². The van der Waals surface area contributed by atoms with E-state index in [4.69, 9.17) is 10.2 Å². The monoisotopic (exact) mass is 302 g/mol. The third kappa shape index (κ3) is 6.66. The lowest BCUT2D eigenvalue weighted by molar-refractivity contribution is -0.146. The van der Waals surface area contributed by atoms with Crippen molar-refractivity contribution in [2.45, 2.75) is 18.9 Å². The number of amides is 2. The highest BCUT2D eigenvalue weighted by Crippen LogP contribution is 2.07. The Labute approximate surface area is 119 Å². The Balaban J connectivity index is 2.23. The topological polar surface area (TPSA) is 98.7 Å². The standard InChI is InChI=1S/C13H16F2N2O4/c14-9-5-8(6-10(15)7-9)1-3-16-13(21)17-4-2-11(18)12(19)20/h5-7,11,18H,1-4H2,(H,19,20)(H2,16,17,21)/t11-/m0/s1. The van der Waals surface area contributed by atoms with Gasteiger partial charge in [-0.3, -0.25) is 0 Å². The van der Waals surface area contributed by atoms with Crippen LogP contribution in [0.15, 0.2) is 18.2 Å². The molecular formula is C13H16F2N2O4. The minimum absolute atomic E-state index is 0.00606. The van der Waals surface area contributed by atoms with Crippen molar-refractivity contribution in [3.05, 3.63) is 35.4 Å². The van der Waals surface area contributed by atoms with Crippen LogP contribution in [0.1, 0.15) is 12.0 Å². The third-order valence-corrected chi connectivity index (χ3v) is 2.61. The van der Waals surface area contributed by atoms with E-state index in [1.165, 1.54) is 12.1 Å². The number of urea groups is 1. The molecule has 8 heteroatoms. The molecule has 0 saturated heterocycles. The molecule has 1 aromatic rings. The van der Waals surface area contributed by atoms with Gasteiger partial charge in [-0.05, 0) is 24.1 Å². The summed E-state index contributed by atoms with van der Waals surface area (Å²) in [5.74, 6) is -2.72. The predicted molar refractivity (Wildman–Crippen MR) is 69.7 cm³/mol. The van der Waals surface area contributed by atoms with Crippen molar-refractivity contribution in [2.75, 3.05) is 13.1 Å². The smallest absolute Gasteiger partial charge is 0.332 e. The summed E-state index contributed by atoms with van der Waals surface area (Å²) in [6.45, 7) is 0.157. The summed E-state index contributed by atoms with van der Waals surface area (Å²) in [6, 6.07) is 2.55. The molecule has 2 amide bonds. The van der Waals surface area contributed by atoms with Gasteiger partial charge >= 0.3 is 12.0 Å². The highest BCUT2D eigenvalue weighted by molar-refractivity contribution is 5.74. The normalized spacial score (nSPS) is 11.8. The Morgan fingerprint density at radius 3 is 2.24 bits per heavy atom. The van der Waals surface area contributed by atoms with E-state index in [1.807, 2.05) is 0 Å². The minimum Gasteiger partial charge on any atom is -0.479 e. The summed E-state index contributed by atoms with van der Waals surface area (Å²) in [7, 11) is 0. The van der Waals surface area contributed by atoms with Gasteiger partial charge in [0.15, 0.2) is 6.10 Å². The van der Waals surface area contributed by atoms with Crippen LogP contribution in [0.3, 0.4) is 0 Å². The van der Waals surface area contributed by atoms with Crippen LogP contribution < -0.4 is 10.6 Å². The fourth-order valence-electron chi connectivity index (χ4n) is 1.58. The fourth-order valence-corrected chi connectivity index (χ4v) is 1.58. The lowest BCUT2D eigenvalue weighted by Gasteiger charge is -2.09. The van der Waals surface area contributed by atoms with E-state index in [0.717, 1.165) is 6.07 Å². The Kier molecular flexibility index (Phi) is 6.54. The molecule has 0 fully saturated rings. The first-order valence-corrected chi connectivity index (χ1v) is 6.26. The second-order valence-corrected chi connectivity index (χ2v) is 4.35. The summed E-state index contributed by atoms with van der Waals surface area (Å²) in [4.78, 5) is 21.6. The zero-order valence-corrected chi connectivity index (χ0v) is 11.1. The zero-order valence-electron chi connectivity index (χ0n) is 11.1. The van der Waals surface area contributed by atoms with Crippen molar-refractivity contribution >= 4 is 12.0 Å². The van der Waals surface area contributed by atoms with Crippen molar-refractivity contribution in [3.63, 3.8) is 0 Å². The minimum atomic E-state index is -1.53. The lowest BCUT2D eigenvalue weighted by Crippen LogP contribution is -2.38. The van der Waals surface area contributed by atoms with Gasteiger partial charge in [0.25, 0.3) is 0 Å². The molecule has 0 aliphatic carbocycles. The first-order valence-electron chi connectivity index (χ1n) is 6.26. The van der Waals surface area contributed by atoms with Crippen LogP contribution in [0.5, 0.6) is 0 Å². The second-order valence-electron chi connectivity index (χ2n) is 4.35. The third-order valence-electron chi connectivity index (χ3n) is 2.61. The Bertz CT molecular complexity index is 491. The number of carbonyl (C=O) groups excluding carboxylic acids is 1. The molecule has 0 aromatic heterocycles. The van der Waals surface area contributed by atoms with E-state index in [9.17, 15) is 18.4 Å². The van der Waals surface area contributed by atoms with Crippen molar-refractivity contribution < 1.29 is 28.6 Å². The van der Waals surface area contributed by atoms with Crippen LogP contribution >= 0.6 is 0 Å². The van der Waals surface area contributed by atoms with E-state index in [2.05, 4.69) is 10.6 Å². The van der Waals surface area contributed by atoms with Crippen LogP contribution in [-0.2, 0) is 11.2 Å². The summed E-state index contributed by atoms with van der Waals surface area (Å²) in [5.41, 5.74) is 0.411. The average Bonchev–Trinajstić information content (AvgIpc) is 2.37. The molecule has 1 aromatic carbocycles. The maximum Gasteiger partial charge on any atom is 0.332 e. The number of nitrogens with one attached hydrogen (secondary N) is 2. The van der Waals surface area contributed by atoms with Crippen molar-refractivity contribution in [3.8, 4) is 0 Å². The highest BCUT2D eigenvalue weighted by Gasteiger charge is 2.12. The zero-order chi connectivity index (χ0) is 15.8. The van der Waals surface area contributed by atoms with Crippen LogP contribution in [0, 0.1) is 11.6 Å². The Morgan fingerprint density at radius 1 is 1.10 bits per heavy atom. The second kappa shape index (κ2) is 8.15. The summed E-state index contributed by atoms with van der Waals surface area (Å²) < 4.78 is 25.8. The molecule has 4 N–H and O–H groups in total. The van der Waals surface area contributed by atoms with E-state index in [-0.39, 0.29) is 25.9 Å². The number of aliphatic carboxylic acids is 1. The van der Waals surface area contributed by atoms with Gasteiger partial charge in [-0.2, -0.15) is 0 Å². The van der Waals surface area contributed by atoms with Crippen molar-refractivity contribution in [1.29, 1.82) is 0 Å². The van der Waals surface area contributed by atoms with E-state index < -0.39 is 29.7 Å². The maximum absolute atomic E-state index is 12.9. The van der Waals surface area contributed by atoms with Crippen LogP contribution in [0.25, 0.3) is 0 Å². The molecule has 1 rings (SSSR count). The highest BCUT2D eigenvalue weighted by atomic mass is 19.1. The van der Waals surface area contributed by atoms with E-state index in [1.54, 1.807) is 0 Å². The SMILES string of the molecule is O=C(NCCc1cc(F)cc(F)c1)NCC[C@H](O)C(=O)O. The molecule has 6 nitrogen and oxygen atoms in total. The molecule has 0 heterocycles. The van der Waals surface area contributed by atoms with Crippen molar-refractivity contribution in [2.24, 2.45) is 0 Å². The molecule has 0 bridgehead atoms. The molecule has 21 heavy (non-hydrogen) atoms. The Morgan fingerprint density at radius 2 is 1.67 bits per heavy atom. The van der Waals surface area contributed by atoms with Gasteiger partial charge < -0.3 is 20.8 Å². The number of carboxylic acids is 1. The molecule has 116 valence electrons. The quantitative estimate of drug-likeness (QED) is 0.594. The molecule has 1 atom stereocenters. The van der Waals surface area contributed by atoms with Gasteiger partial charge in [-0.25, -0.2) is 18.4 Å². The van der Waals surface area contributed by atoms with Gasteiger partial charge in [0.1, 0.15) is 11.6 Å². The number of hydrogen-bond acceptors (Lipinski definition) is 3. The fraction of sp³-hybridized carbons (Fsp3) is 0.385. The number of benzene rings is 1.